The van der Waals surface area contributed by atoms with Gasteiger partial charge in [0.2, 0.25) is 0 Å². The van der Waals surface area contributed by atoms with Gasteiger partial charge in [0.1, 0.15) is 0 Å². The molecule has 2 nitrogen and oxygen atoms in total. The molecule has 0 radical (unpaired) electrons. The van der Waals surface area contributed by atoms with Crippen LogP contribution in [0.1, 0.15) is 13.3 Å². The highest BCUT2D eigenvalue weighted by atomic mass is 28.4. The van der Waals surface area contributed by atoms with Crippen molar-refractivity contribution < 1.29 is 9.53 Å². The van der Waals surface area contributed by atoms with Gasteiger partial charge in [-0.05, 0) is 28.9 Å². The number of aliphatic hydroxyl groups is 1. The molecule has 0 saturated carbocycles. The van der Waals surface area contributed by atoms with E-state index in [1.54, 1.807) is 6.92 Å². The number of hydrogen-bond acceptors (Lipinski definition) is 2. The molecule has 3 rings (SSSR count). The molecular formula is C22H24O2Si. The van der Waals surface area contributed by atoms with E-state index in [1.807, 2.05) is 18.2 Å². The molecule has 0 aliphatic carbocycles. The van der Waals surface area contributed by atoms with Crippen molar-refractivity contribution >= 4 is 23.9 Å². The van der Waals surface area contributed by atoms with Gasteiger partial charge < -0.3 is 9.53 Å². The molecule has 0 heterocycles. The number of hydrogen-bond donors (Lipinski definition) is 1. The van der Waals surface area contributed by atoms with Gasteiger partial charge in [0.25, 0.3) is 8.32 Å². The predicted molar refractivity (Wildman–Crippen MR) is 106 cm³/mol. The smallest absolute Gasteiger partial charge is 0.288 e. The van der Waals surface area contributed by atoms with Gasteiger partial charge in [-0.15, -0.1) is 0 Å². The minimum atomic E-state index is -2.60. The molecular weight excluding hydrogens is 324 g/mol. The molecule has 0 aromatic heterocycles. The lowest BCUT2D eigenvalue weighted by Gasteiger charge is -2.33. The van der Waals surface area contributed by atoms with Gasteiger partial charge >= 0.3 is 0 Å². The summed E-state index contributed by atoms with van der Waals surface area (Å²) in [5.41, 5.74) is 0. The SMILES string of the molecule is C[C@@H](O)CCO[Si](c1ccccc1)(c1ccccc1)c1ccccc1. The van der Waals surface area contributed by atoms with Crippen LogP contribution in [-0.4, -0.2) is 26.1 Å². The van der Waals surface area contributed by atoms with E-state index in [9.17, 15) is 5.11 Å². The van der Waals surface area contributed by atoms with E-state index in [0.717, 1.165) is 0 Å². The predicted octanol–water partition coefficient (Wildman–Crippen LogP) is 2.44. The molecule has 0 unspecified atom stereocenters. The van der Waals surface area contributed by atoms with Crippen LogP contribution in [0.3, 0.4) is 0 Å². The molecule has 3 aromatic carbocycles. The van der Waals surface area contributed by atoms with Crippen molar-refractivity contribution in [3.63, 3.8) is 0 Å². The largest absolute Gasteiger partial charge is 0.404 e. The highest BCUT2D eigenvalue weighted by Gasteiger charge is 2.41. The van der Waals surface area contributed by atoms with E-state index in [2.05, 4.69) is 72.8 Å². The van der Waals surface area contributed by atoms with Crippen molar-refractivity contribution in [3.8, 4) is 0 Å². The summed E-state index contributed by atoms with van der Waals surface area (Å²) in [7, 11) is -2.60. The van der Waals surface area contributed by atoms with Gasteiger partial charge in [-0.25, -0.2) is 0 Å². The Hall–Kier alpha value is -2.20. The Kier molecular flexibility index (Phi) is 5.82. The first-order chi connectivity index (χ1) is 12.2. The minimum absolute atomic E-state index is 0.367. The zero-order valence-electron chi connectivity index (χ0n) is 14.5. The van der Waals surface area contributed by atoms with Crippen LogP contribution in [0.2, 0.25) is 0 Å². The average Bonchev–Trinajstić information content (AvgIpc) is 2.67. The number of benzene rings is 3. The Morgan fingerprint density at radius 3 is 1.40 bits per heavy atom. The Labute approximate surface area is 150 Å². The van der Waals surface area contributed by atoms with Gasteiger partial charge in [0.05, 0.1) is 6.10 Å². The van der Waals surface area contributed by atoms with E-state index in [-0.39, 0.29) is 6.10 Å². The molecule has 0 saturated heterocycles. The summed E-state index contributed by atoms with van der Waals surface area (Å²) >= 11 is 0. The third-order valence-electron chi connectivity index (χ3n) is 4.40. The van der Waals surface area contributed by atoms with Crippen LogP contribution in [0.4, 0.5) is 0 Å². The lowest BCUT2D eigenvalue weighted by molar-refractivity contribution is 0.155. The van der Waals surface area contributed by atoms with Crippen LogP contribution >= 0.6 is 0 Å². The lowest BCUT2D eigenvalue weighted by Crippen LogP contribution is -2.69. The summed E-state index contributed by atoms with van der Waals surface area (Å²) < 4.78 is 6.68. The van der Waals surface area contributed by atoms with Gasteiger partial charge in [-0.1, -0.05) is 91.0 Å². The van der Waals surface area contributed by atoms with Crippen molar-refractivity contribution in [2.75, 3.05) is 6.61 Å². The second kappa shape index (κ2) is 8.25. The molecule has 25 heavy (non-hydrogen) atoms. The van der Waals surface area contributed by atoms with Crippen LogP contribution in [0.15, 0.2) is 91.0 Å². The summed E-state index contributed by atoms with van der Waals surface area (Å²) in [6.45, 7) is 2.34. The third kappa shape index (κ3) is 3.90. The third-order valence-corrected chi connectivity index (χ3v) is 8.47. The zero-order chi connectivity index (χ0) is 17.5. The van der Waals surface area contributed by atoms with Gasteiger partial charge in [0, 0.05) is 6.61 Å². The van der Waals surface area contributed by atoms with Gasteiger partial charge in [0.15, 0.2) is 0 Å². The first kappa shape index (κ1) is 17.6. The van der Waals surface area contributed by atoms with Crippen molar-refractivity contribution in [2.24, 2.45) is 0 Å². The Morgan fingerprint density at radius 1 is 0.720 bits per heavy atom. The Morgan fingerprint density at radius 2 is 1.08 bits per heavy atom. The van der Waals surface area contributed by atoms with Crippen molar-refractivity contribution in [2.45, 2.75) is 19.4 Å². The monoisotopic (exact) mass is 348 g/mol. The molecule has 128 valence electrons. The van der Waals surface area contributed by atoms with Crippen LogP contribution in [-0.2, 0) is 4.43 Å². The maximum atomic E-state index is 9.70. The van der Waals surface area contributed by atoms with Gasteiger partial charge in [-0.2, -0.15) is 0 Å². The molecule has 0 aliphatic heterocycles. The van der Waals surface area contributed by atoms with Crippen LogP contribution in [0.5, 0.6) is 0 Å². The fourth-order valence-corrected chi connectivity index (χ4v) is 7.06. The second-order valence-corrected chi connectivity index (χ2v) is 9.65. The van der Waals surface area contributed by atoms with Gasteiger partial charge in [-0.3, -0.25) is 0 Å². The summed E-state index contributed by atoms with van der Waals surface area (Å²) in [5, 5.41) is 13.4. The van der Waals surface area contributed by atoms with E-state index in [0.29, 0.717) is 13.0 Å². The molecule has 0 bridgehead atoms. The lowest BCUT2D eigenvalue weighted by atomic mass is 10.3. The quantitative estimate of drug-likeness (QED) is 0.525. The first-order valence-electron chi connectivity index (χ1n) is 8.72. The first-order valence-corrected chi connectivity index (χ1v) is 10.6. The summed E-state index contributed by atoms with van der Waals surface area (Å²) in [4.78, 5) is 0. The molecule has 3 heteroatoms. The van der Waals surface area contributed by atoms with Crippen LogP contribution in [0.25, 0.3) is 0 Å². The maximum Gasteiger partial charge on any atom is 0.288 e. The molecule has 1 N–H and O–H groups in total. The molecule has 1 atom stereocenters. The molecule has 0 fully saturated rings. The van der Waals surface area contributed by atoms with Crippen molar-refractivity contribution in [1.82, 2.24) is 0 Å². The topological polar surface area (TPSA) is 29.5 Å². The Bertz CT molecular complexity index is 661. The van der Waals surface area contributed by atoms with E-state index < -0.39 is 8.32 Å². The zero-order valence-corrected chi connectivity index (χ0v) is 15.5. The average molecular weight is 349 g/mol. The standard InChI is InChI=1S/C22H24O2Si/c1-19(23)17-18-24-25(20-11-5-2-6-12-20,21-13-7-3-8-14-21)22-15-9-4-10-16-22/h2-16,19,23H,17-18H2,1H3/t19-/m1/s1. The highest BCUT2D eigenvalue weighted by Crippen LogP contribution is 2.10. The molecule has 0 aliphatic rings. The maximum absolute atomic E-state index is 9.70. The molecule has 0 amide bonds. The summed E-state index contributed by atoms with van der Waals surface area (Å²) in [5.74, 6) is 0. The van der Waals surface area contributed by atoms with E-state index in [4.69, 9.17) is 4.43 Å². The summed E-state index contributed by atoms with van der Waals surface area (Å²) in [6, 6.07) is 31.5. The van der Waals surface area contributed by atoms with Crippen LogP contribution in [0, 0.1) is 0 Å². The van der Waals surface area contributed by atoms with Crippen molar-refractivity contribution in [1.29, 1.82) is 0 Å². The molecule has 3 aromatic rings. The Balaban J connectivity index is 2.16. The minimum Gasteiger partial charge on any atom is -0.404 e. The fourth-order valence-electron chi connectivity index (χ4n) is 3.15. The van der Waals surface area contributed by atoms with Crippen LogP contribution < -0.4 is 15.6 Å². The molecule has 0 spiro atoms. The number of aliphatic hydroxyl groups excluding tert-OH is 1. The normalized spacial score (nSPS) is 12.7. The van der Waals surface area contributed by atoms with E-state index in [1.165, 1.54) is 15.6 Å². The fraction of sp³-hybridized carbons (Fsp3) is 0.182. The highest BCUT2D eigenvalue weighted by molar-refractivity contribution is 7.07. The van der Waals surface area contributed by atoms with E-state index >= 15 is 0 Å². The van der Waals surface area contributed by atoms with Crippen molar-refractivity contribution in [3.05, 3.63) is 91.0 Å². The summed E-state index contributed by atoms with van der Waals surface area (Å²) in [6.07, 6.45) is 0.260. The second-order valence-electron chi connectivity index (χ2n) is 6.27. The number of rotatable bonds is 7.